The zero-order valence-electron chi connectivity index (χ0n) is 8.70. The van der Waals surface area contributed by atoms with Gasteiger partial charge in [-0.3, -0.25) is 0 Å². The van der Waals surface area contributed by atoms with Gasteiger partial charge in [-0.2, -0.15) is 8.78 Å². The number of alkyl halides is 2. The maximum Gasteiger partial charge on any atom is 0.387 e. The number of halogens is 2. The predicted molar refractivity (Wildman–Crippen MR) is 59.3 cm³/mol. The van der Waals surface area contributed by atoms with E-state index in [-0.39, 0.29) is 16.6 Å². The number of rotatable bonds is 3. The van der Waals surface area contributed by atoms with Crippen molar-refractivity contribution in [3.05, 3.63) is 24.3 Å². The Morgan fingerprint density at radius 2 is 1.75 bits per heavy atom. The molecule has 0 N–H and O–H groups in total. The summed E-state index contributed by atoms with van der Waals surface area (Å²) in [5.41, 5.74) is 0. The minimum absolute atomic E-state index is 0.203. The third-order valence-corrected chi connectivity index (χ3v) is 4.59. The van der Waals surface area contributed by atoms with Crippen LogP contribution in [0.3, 0.4) is 0 Å². The van der Waals surface area contributed by atoms with E-state index in [9.17, 15) is 8.78 Å². The molecular formula is C11H13F2O2S+. The van der Waals surface area contributed by atoms with E-state index >= 15 is 0 Å². The molecule has 1 saturated heterocycles. The molecule has 0 atom stereocenters. The Kier molecular flexibility index (Phi) is 4.01. The summed E-state index contributed by atoms with van der Waals surface area (Å²) in [7, 11) is 0.203. The van der Waals surface area contributed by atoms with Gasteiger partial charge in [0.1, 0.15) is 17.3 Å². The summed E-state index contributed by atoms with van der Waals surface area (Å²) in [6.07, 6.45) is 0. The molecule has 1 heterocycles. The van der Waals surface area contributed by atoms with E-state index in [1.54, 1.807) is 12.1 Å². The summed E-state index contributed by atoms with van der Waals surface area (Å²) >= 11 is 0. The zero-order chi connectivity index (χ0) is 11.4. The van der Waals surface area contributed by atoms with Gasteiger partial charge in [-0.25, -0.2) is 0 Å². The number of benzene rings is 1. The molecule has 0 aromatic heterocycles. The number of hydrogen-bond acceptors (Lipinski definition) is 2. The van der Waals surface area contributed by atoms with E-state index in [1.165, 1.54) is 4.90 Å². The van der Waals surface area contributed by atoms with Crippen LogP contribution in [0, 0.1) is 0 Å². The van der Waals surface area contributed by atoms with E-state index < -0.39 is 6.61 Å². The Morgan fingerprint density at radius 3 is 2.31 bits per heavy atom. The minimum atomic E-state index is -2.75. The second kappa shape index (κ2) is 5.50. The van der Waals surface area contributed by atoms with Gasteiger partial charge in [0, 0.05) is 10.9 Å². The first-order valence-electron chi connectivity index (χ1n) is 5.06. The molecule has 0 aliphatic carbocycles. The Hall–Kier alpha value is -0.810. The highest BCUT2D eigenvalue weighted by atomic mass is 32.2. The van der Waals surface area contributed by atoms with Gasteiger partial charge in [0.25, 0.3) is 0 Å². The molecule has 1 aliphatic heterocycles. The summed E-state index contributed by atoms with van der Waals surface area (Å²) in [5, 5.41) is 0. The van der Waals surface area contributed by atoms with E-state index in [4.69, 9.17) is 4.74 Å². The third kappa shape index (κ3) is 3.09. The Morgan fingerprint density at radius 1 is 1.12 bits per heavy atom. The van der Waals surface area contributed by atoms with E-state index in [0.29, 0.717) is 0 Å². The van der Waals surface area contributed by atoms with Crippen LogP contribution in [0.25, 0.3) is 0 Å². The highest BCUT2D eigenvalue weighted by Gasteiger charge is 2.25. The molecule has 1 fully saturated rings. The topological polar surface area (TPSA) is 18.5 Å². The molecular weight excluding hydrogens is 234 g/mol. The maximum atomic E-state index is 11.9. The molecule has 2 rings (SSSR count). The first-order valence-corrected chi connectivity index (χ1v) is 6.62. The van der Waals surface area contributed by atoms with Crippen molar-refractivity contribution in [3.63, 3.8) is 0 Å². The van der Waals surface area contributed by atoms with Crippen LogP contribution >= 0.6 is 0 Å². The molecule has 2 nitrogen and oxygen atoms in total. The molecule has 0 radical (unpaired) electrons. The van der Waals surface area contributed by atoms with E-state index in [0.717, 1.165) is 24.7 Å². The van der Waals surface area contributed by atoms with E-state index in [2.05, 4.69) is 4.74 Å². The van der Waals surface area contributed by atoms with Gasteiger partial charge in [-0.05, 0) is 24.3 Å². The number of hydrogen-bond donors (Lipinski definition) is 0. The minimum Gasteiger partial charge on any atom is -0.435 e. The zero-order valence-corrected chi connectivity index (χ0v) is 9.51. The molecule has 1 aliphatic rings. The van der Waals surface area contributed by atoms with Gasteiger partial charge in [-0.15, -0.1) is 0 Å². The summed E-state index contributed by atoms with van der Waals surface area (Å²) in [6.45, 7) is -1.17. The van der Waals surface area contributed by atoms with Crippen molar-refractivity contribution in [1.29, 1.82) is 0 Å². The SMILES string of the molecule is FC(F)Oc1ccc([S+]2CCOCC2)cc1. The van der Waals surface area contributed by atoms with Crippen molar-refractivity contribution in [2.24, 2.45) is 0 Å². The highest BCUT2D eigenvalue weighted by molar-refractivity contribution is 7.97. The number of ether oxygens (including phenoxy) is 2. The molecule has 0 unspecified atom stereocenters. The molecule has 0 saturated carbocycles. The standard InChI is InChI=1S/C11H13F2O2S/c12-11(13)15-9-1-3-10(4-2-9)16-7-5-14-6-8-16/h1-4,11H,5-8H2/q+1. The van der Waals surface area contributed by atoms with Gasteiger partial charge >= 0.3 is 6.61 Å². The Balaban J connectivity index is 2.00. The van der Waals surface area contributed by atoms with Crippen LogP contribution in [0.5, 0.6) is 5.75 Å². The van der Waals surface area contributed by atoms with Crippen LogP contribution < -0.4 is 4.74 Å². The van der Waals surface area contributed by atoms with Crippen molar-refractivity contribution < 1.29 is 18.3 Å². The summed E-state index contributed by atoms with van der Waals surface area (Å²) < 4.78 is 33.5. The first-order chi connectivity index (χ1) is 7.75. The lowest BCUT2D eigenvalue weighted by atomic mass is 10.3. The smallest absolute Gasteiger partial charge is 0.387 e. The predicted octanol–water partition coefficient (Wildman–Crippen LogP) is 2.30. The normalized spacial score (nSPS) is 17.7. The lowest BCUT2D eigenvalue weighted by Gasteiger charge is -2.14. The summed E-state index contributed by atoms with van der Waals surface area (Å²) in [4.78, 5) is 1.20. The Bertz CT molecular complexity index is 323. The van der Waals surface area contributed by atoms with Gasteiger partial charge in [0.15, 0.2) is 4.90 Å². The van der Waals surface area contributed by atoms with Crippen molar-refractivity contribution in [3.8, 4) is 5.75 Å². The maximum absolute atomic E-state index is 11.9. The Labute approximate surface area is 95.9 Å². The molecule has 0 spiro atoms. The average Bonchev–Trinajstić information content (AvgIpc) is 2.30. The van der Waals surface area contributed by atoms with Crippen molar-refractivity contribution in [2.45, 2.75) is 11.5 Å². The lowest BCUT2D eigenvalue weighted by molar-refractivity contribution is -0.0498. The van der Waals surface area contributed by atoms with Crippen molar-refractivity contribution >= 4 is 10.9 Å². The first kappa shape index (κ1) is 11.7. The van der Waals surface area contributed by atoms with Crippen LogP contribution in [0.15, 0.2) is 29.2 Å². The molecule has 5 heteroatoms. The average molecular weight is 247 g/mol. The molecule has 1 aromatic rings. The van der Waals surface area contributed by atoms with Gasteiger partial charge in [0.05, 0.1) is 13.2 Å². The molecule has 0 bridgehead atoms. The van der Waals surface area contributed by atoms with Crippen molar-refractivity contribution in [2.75, 3.05) is 24.7 Å². The van der Waals surface area contributed by atoms with Gasteiger partial charge in [0.2, 0.25) is 0 Å². The largest absolute Gasteiger partial charge is 0.435 e. The fraction of sp³-hybridized carbons (Fsp3) is 0.455. The monoisotopic (exact) mass is 247 g/mol. The lowest BCUT2D eigenvalue weighted by Crippen LogP contribution is -2.26. The van der Waals surface area contributed by atoms with Crippen LogP contribution in [-0.2, 0) is 15.6 Å². The molecule has 16 heavy (non-hydrogen) atoms. The highest BCUT2D eigenvalue weighted by Crippen LogP contribution is 2.21. The van der Waals surface area contributed by atoms with Crippen LogP contribution in [0.1, 0.15) is 0 Å². The second-order valence-electron chi connectivity index (χ2n) is 3.36. The third-order valence-electron chi connectivity index (χ3n) is 2.33. The van der Waals surface area contributed by atoms with E-state index in [1.807, 2.05) is 12.1 Å². The molecule has 0 amide bonds. The van der Waals surface area contributed by atoms with Crippen LogP contribution in [0.2, 0.25) is 0 Å². The fourth-order valence-electron chi connectivity index (χ4n) is 1.57. The van der Waals surface area contributed by atoms with Crippen LogP contribution in [-0.4, -0.2) is 31.3 Å². The van der Waals surface area contributed by atoms with Crippen LogP contribution in [0.4, 0.5) is 8.78 Å². The second-order valence-corrected chi connectivity index (χ2v) is 5.64. The fourth-order valence-corrected chi connectivity index (χ4v) is 3.41. The van der Waals surface area contributed by atoms with Gasteiger partial charge in [-0.1, -0.05) is 0 Å². The van der Waals surface area contributed by atoms with Gasteiger partial charge < -0.3 is 9.47 Å². The summed E-state index contributed by atoms with van der Waals surface area (Å²) in [6, 6.07) is 6.94. The summed E-state index contributed by atoms with van der Waals surface area (Å²) in [5.74, 6) is 2.26. The van der Waals surface area contributed by atoms with Crippen molar-refractivity contribution in [1.82, 2.24) is 0 Å². The quantitative estimate of drug-likeness (QED) is 0.763. The molecule has 1 aromatic carbocycles. The molecule has 88 valence electrons.